The zero-order chi connectivity index (χ0) is 20.2. The van der Waals surface area contributed by atoms with Gasteiger partial charge in [0.05, 0.1) is 13.7 Å². The monoisotopic (exact) mass is 390 g/mol. The van der Waals surface area contributed by atoms with Crippen molar-refractivity contribution in [3.8, 4) is 11.5 Å². The summed E-state index contributed by atoms with van der Waals surface area (Å²) in [5.41, 5.74) is 0. The second kappa shape index (κ2) is 12.1. The van der Waals surface area contributed by atoms with Crippen LogP contribution in [0.3, 0.4) is 0 Å². The molecule has 0 saturated carbocycles. The third-order valence-corrected chi connectivity index (χ3v) is 4.82. The number of hydrogen-bond acceptors (Lipinski definition) is 4. The zero-order valence-electron chi connectivity index (χ0n) is 17.4. The molecule has 7 heteroatoms. The summed E-state index contributed by atoms with van der Waals surface area (Å²) in [7, 11) is 1.65. The van der Waals surface area contributed by atoms with Crippen LogP contribution in [0.15, 0.2) is 29.3 Å². The normalized spacial score (nSPS) is 15.5. The SMILES string of the molecule is CCNC(=NCCC(CC)N1CCCC1=O)NCCOc1ccc(OC)cc1. The molecule has 1 fully saturated rings. The van der Waals surface area contributed by atoms with Crippen LogP contribution < -0.4 is 20.1 Å². The third-order valence-electron chi connectivity index (χ3n) is 4.82. The molecule has 0 aromatic heterocycles. The van der Waals surface area contributed by atoms with Crippen LogP contribution in [0.25, 0.3) is 0 Å². The van der Waals surface area contributed by atoms with Crippen molar-refractivity contribution in [1.82, 2.24) is 15.5 Å². The molecular formula is C21H34N4O3. The molecule has 0 spiro atoms. The number of amides is 1. The van der Waals surface area contributed by atoms with Crippen LogP contribution in [0.2, 0.25) is 0 Å². The van der Waals surface area contributed by atoms with E-state index in [1.807, 2.05) is 36.1 Å². The molecule has 2 rings (SSSR count). The minimum Gasteiger partial charge on any atom is -0.497 e. The van der Waals surface area contributed by atoms with Crippen LogP contribution in [0, 0.1) is 0 Å². The molecule has 1 unspecified atom stereocenters. The van der Waals surface area contributed by atoms with E-state index in [-0.39, 0.29) is 5.91 Å². The van der Waals surface area contributed by atoms with Crippen LogP contribution in [-0.2, 0) is 4.79 Å². The van der Waals surface area contributed by atoms with E-state index >= 15 is 0 Å². The van der Waals surface area contributed by atoms with E-state index in [1.165, 1.54) is 0 Å². The number of methoxy groups -OCH3 is 1. The average Bonchev–Trinajstić information content (AvgIpc) is 3.14. The van der Waals surface area contributed by atoms with E-state index in [1.54, 1.807) is 7.11 Å². The molecule has 1 heterocycles. The maximum absolute atomic E-state index is 11.9. The first-order valence-corrected chi connectivity index (χ1v) is 10.3. The smallest absolute Gasteiger partial charge is 0.222 e. The van der Waals surface area contributed by atoms with Crippen LogP contribution >= 0.6 is 0 Å². The lowest BCUT2D eigenvalue weighted by Crippen LogP contribution is -2.40. The van der Waals surface area contributed by atoms with Crippen molar-refractivity contribution >= 4 is 11.9 Å². The van der Waals surface area contributed by atoms with Crippen LogP contribution in [0.1, 0.15) is 39.5 Å². The van der Waals surface area contributed by atoms with Crippen LogP contribution in [0.4, 0.5) is 0 Å². The summed E-state index contributed by atoms with van der Waals surface area (Å²) in [6.45, 7) is 7.76. The number of benzene rings is 1. The minimum atomic E-state index is 0.288. The lowest BCUT2D eigenvalue weighted by molar-refractivity contribution is -0.129. The van der Waals surface area contributed by atoms with Gasteiger partial charge in [0, 0.05) is 32.1 Å². The summed E-state index contributed by atoms with van der Waals surface area (Å²) in [6.07, 6.45) is 3.54. The third kappa shape index (κ3) is 6.94. The Hall–Kier alpha value is -2.44. The second-order valence-electron chi connectivity index (χ2n) is 6.75. The number of carbonyl (C=O) groups is 1. The number of nitrogens with zero attached hydrogens (tertiary/aromatic N) is 2. The first kappa shape index (κ1) is 21.9. The molecule has 1 aliphatic rings. The number of likely N-dealkylation sites (tertiary alicyclic amines) is 1. The molecule has 7 nitrogen and oxygen atoms in total. The number of aliphatic imine (C=N–C) groups is 1. The molecule has 28 heavy (non-hydrogen) atoms. The fourth-order valence-corrected chi connectivity index (χ4v) is 3.31. The summed E-state index contributed by atoms with van der Waals surface area (Å²) in [6, 6.07) is 7.83. The molecule has 156 valence electrons. The van der Waals surface area contributed by atoms with E-state index in [9.17, 15) is 4.79 Å². The maximum Gasteiger partial charge on any atom is 0.222 e. The summed E-state index contributed by atoms with van der Waals surface area (Å²) in [5, 5.41) is 6.54. The van der Waals surface area contributed by atoms with E-state index in [0.717, 1.165) is 49.8 Å². The summed E-state index contributed by atoms with van der Waals surface area (Å²) in [5.74, 6) is 2.69. The maximum atomic E-state index is 11.9. The number of nitrogens with one attached hydrogen (secondary N) is 2. The molecule has 0 aliphatic carbocycles. The molecule has 1 aromatic rings. The van der Waals surface area contributed by atoms with Gasteiger partial charge in [0.15, 0.2) is 5.96 Å². The number of ether oxygens (including phenoxy) is 2. The van der Waals surface area contributed by atoms with Gasteiger partial charge < -0.3 is 25.0 Å². The quantitative estimate of drug-likeness (QED) is 0.345. The van der Waals surface area contributed by atoms with Crippen LogP contribution in [0.5, 0.6) is 11.5 Å². The molecule has 0 radical (unpaired) electrons. The predicted molar refractivity (Wildman–Crippen MR) is 112 cm³/mol. The molecule has 1 saturated heterocycles. The van der Waals surface area contributed by atoms with Gasteiger partial charge in [-0.3, -0.25) is 9.79 Å². The van der Waals surface area contributed by atoms with Gasteiger partial charge in [-0.05, 0) is 50.5 Å². The summed E-state index contributed by atoms with van der Waals surface area (Å²) in [4.78, 5) is 18.6. The largest absolute Gasteiger partial charge is 0.497 e. The molecule has 0 bridgehead atoms. The van der Waals surface area contributed by atoms with Gasteiger partial charge in [-0.15, -0.1) is 0 Å². The van der Waals surface area contributed by atoms with Crippen molar-refractivity contribution in [1.29, 1.82) is 0 Å². The Morgan fingerprint density at radius 1 is 1.21 bits per heavy atom. The van der Waals surface area contributed by atoms with Gasteiger partial charge in [0.1, 0.15) is 18.1 Å². The van der Waals surface area contributed by atoms with E-state index in [4.69, 9.17) is 9.47 Å². The van der Waals surface area contributed by atoms with Gasteiger partial charge in [0.2, 0.25) is 5.91 Å². The second-order valence-corrected chi connectivity index (χ2v) is 6.75. The molecule has 1 aliphatic heterocycles. The fourth-order valence-electron chi connectivity index (χ4n) is 3.31. The Balaban J connectivity index is 1.73. The van der Waals surface area contributed by atoms with Crippen LogP contribution in [-0.4, -0.2) is 62.7 Å². The van der Waals surface area contributed by atoms with Crippen molar-refractivity contribution in [2.45, 2.75) is 45.6 Å². The standard InChI is InChI=1S/C21H34N4O3/c1-4-17(25-15-6-7-20(25)26)12-13-23-21(22-5-2)24-14-16-28-19-10-8-18(27-3)9-11-19/h8-11,17H,4-7,12-16H2,1-3H3,(H2,22,23,24). The first-order valence-electron chi connectivity index (χ1n) is 10.3. The summed E-state index contributed by atoms with van der Waals surface area (Å²) >= 11 is 0. The molecule has 1 aromatic carbocycles. The van der Waals surface area contributed by atoms with E-state index in [0.29, 0.717) is 32.2 Å². The van der Waals surface area contributed by atoms with Gasteiger partial charge >= 0.3 is 0 Å². The van der Waals surface area contributed by atoms with E-state index < -0.39 is 0 Å². The van der Waals surface area contributed by atoms with Gasteiger partial charge in [-0.25, -0.2) is 0 Å². The Kier molecular flexibility index (Phi) is 9.45. The Morgan fingerprint density at radius 2 is 1.96 bits per heavy atom. The summed E-state index contributed by atoms with van der Waals surface area (Å²) < 4.78 is 10.9. The van der Waals surface area contributed by atoms with Gasteiger partial charge in [-0.1, -0.05) is 6.92 Å². The highest BCUT2D eigenvalue weighted by Gasteiger charge is 2.26. The fraction of sp³-hybridized carbons (Fsp3) is 0.619. The first-order chi connectivity index (χ1) is 13.7. The molecular weight excluding hydrogens is 356 g/mol. The Labute approximate surface area is 168 Å². The van der Waals surface area contributed by atoms with Crippen molar-refractivity contribution in [2.24, 2.45) is 4.99 Å². The Morgan fingerprint density at radius 3 is 2.57 bits per heavy atom. The van der Waals surface area contributed by atoms with Gasteiger partial charge in [-0.2, -0.15) is 0 Å². The van der Waals surface area contributed by atoms with Crippen molar-refractivity contribution < 1.29 is 14.3 Å². The highest BCUT2D eigenvalue weighted by Crippen LogP contribution is 2.18. The number of rotatable bonds is 11. The zero-order valence-corrected chi connectivity index (χ0v) is 17.4. The topological polar surface area (TPSA) is 75.2 Å². The lowest BCUT2D eigenvalue weighted by atomic mass is 10.1. The lowest BCUT2D eigenvalue weighted by Gasteiger charge is -2.26. The van der Waals surface area contributed by atoms with E-state index in [2.05, 4.69) is 22.5 Å². The number of hydrogen-bond donors (Lipinski definition) is 2. The predicted octanol–water partition coefficient (Wildman–Crippen LogP) is 2.42. The molecule has 1 amide bonds. The van der Waals surface area contributed by atoms with Crippen molar-refractivity contribution in [2.75, 3.05) is 39.9 Å². The molecule has 2 N–H and O–H groups in total. The highest BCUT2D eigenvalue weighted by atomic mass is 16.5. The highest BCUT2D eigenvalue weighted by molar-refractivity contribution is 5.80. The number of carbonyl (C=O) groups excluding carboxylic acids is 1. The number of guanidine groups is 1. The van der Waals surface area contributed by atoms with Gasteiger partial charge in [0.25, 0.3) is 0 Å². The average molecular weight is 391 g/mol. The van der Waals surface area contributed by atoms with Crippen molar-refractivity contribution in [3.05, 3.63) is 24.3 Å². The minimum absolute atomic E-state index is 0.288. The van der Waals surface area contributed by atoms with Crippen molar-refractivity contribution in [3.63, 3.8) is 0 Å². The Bertz CT molecular complexity index is 619. The molecule has 1 atom stereocenters.